The lowest BCUT2D eigenvalue weighted by Crippen LogP contribution is -2.10. The zero-order valence-corrected chi connectivity index (χ0v) is 9.38. The van der Waals surface area contributed by atoms with E-state index >= 15 is 0 Å². The van der Waals surface area contributed by atoms with Crippen LogP contribution >= 0.6 is 6.72 Å². The second-order valence-corrected chi connectivity index (χ2v) is 5.63. The van der Waals surface area contributed by atoms with Crippen molar-refractivity contribution in [1.82, 2.24) is 4.98 Å². The highest BCUT2D eigenvalue weighted by atomic mass is 32.5. The highest BCUT2D eigenvalue weighted by Crippen LogP contribution is 2.53. The van der Waals surface area contributed by atoms with Crippen molar-refractivity contribution in [3.63, 3.8) is 0 Å². The molecule has 0 aromatic carbocycles. The molecule has 1 aromatic heterocycles. The number of fused-ring (bicyclic) bond motifs is 1. The first-order valence-electron chi connectivity index (χ1n) is 4.26. The summed E-state index contributed by atoms with van der Waals surface area (Å²) in [6.45, 7) is 0.184. The molecular formula is C8H10NO3PS. The molecule has 1 aliphatic rings. The van der Waals surface area contributed by atoms with Crippen molar-refractivity contribution < 1.29 is 13.6 Å². The van der Waals surface area contributed by atoms with Crippen molar-refractivity contribution in [2.75, 3.05) is 6.61 Å². The third kappa shape index (κ3) is 1.96. The van der Waals surface area contributed by atoms with E-state index in [1.165, 1.54) is 0 Å². The van der Waals surface area contributed by atoms with Crippen molar-refractivity contribution in [3.8, 4) is 5.88 Å². The summed E-state index contributed by atoms with van der Waals surface area (Å²) in [6, 6.07) is 3.73. The van der Waals surface area contributed by atoms with E-state index in [2.05, 4.69) is 4.98 Å². The summed E-state index contributed by atoms with van der Waals surface area (Å²) in [5.41, 5.74) is 0.910. The van der Waals surface area contributed by atoms with Crippen LogP contribution in [0.15, 0.2) is 18.3 Å². The molecule has 1 unspecified atom stereocenters. The predicted octanol–water partition coefficient (Wildman–Crippen LogP) is 2.25. The maximum Gasteiger partial charge on any atom is 0.382 e. The Morgan fingerprint density at radius 3 is 3.36 bits per heavy atom. The fraction of sp³-hybridized carbons (Fsp3) is 0.375. The van der Waals surface area contributed by atoms with Crippen molar-refractivity contribution >= 4 is 18.5 Å². The monoisotopic (exact) mass is 231 g/mol. The van der Waals surface area contributed by atoms with Gasteiger partial charge in [0.05, 0.1) is 13.2 Å². The van der Waals surface area contributed by atoms with Gasteiger partial charge in [-0.3, -0.25) is 9.05 Å². The van der Waals surface area contributed by atoms with Crippen LogP contribution < -0.4 is 4.52 Å². The van der Waals surface area contributed by atoms with Crippen molar-refractivity contribution in [2.24, 2.45) is 0 Å². The van der Waals surface area contributed by atoms with Gasteiger partial charge in [0.15, 0.2) is 0 Å². The molecular weight excluding hydrogens is 221 g/mol. The van der Waals surface area contributed by atoms with Crippen LogP contribution in [0.1, 0.15) is 12.5 Å². The van der Waals surface area contributed by atoms with E-state index in [9.17, 15) is 0 Å². The van der Waals surface area contributed by atoms with Crippen LogP contribution in [0, 0.1) is 0 Å². The maximum absolute atomic E-state index is 5.43. The first-order chi connectivity index (χ1) is 6.73. The molecule has 1 atom stereocenters. The van der Waals surface area contributed by atoms with E-state index in [0.717, 1.165) is 5.56 Å². The SMILES string of the molecule is CCOP1(=S)OCc2cccnc2O1. The standard InChI is InChI=1S/C8H10NO3PS/c1-2-10-13(14)11-6-7-4-3-5-9-8(7)12-13/h3-5H,2,6H2,1H3. The molecule has 0 saturated heterocycles. The fourth-order valence-corrected chi connectivity index (χ4v) is 2.97. The van der Waals surface area contributed by atoms with Gasteiger partial charge in [-0.1, -0.05) is 0 Å². The molecule has 0 spiro atoms. The Kier molecular flexibility index (Phi) is 2.83. The zero-order valence-electron chi connectivity index (χ0n) is 7.67. The molecule has 76 valence electrons. The minimum Gasteiger partial charge on any atom is -0.405 e. The molecule has 4 nitrogen and oxygen atoms in total. The Morgan fingerprint density at radius 1 is 1.71 bits per heavy atom. The van der Waals surface area contributed by atoms with Crippen LogP contribution in [0.25, 0.3) is 0 Å². The Labute approximate surface area is 87.5 Å². The topological polar surface area (TPSA) is 40.6 Å². The minimum atomic E-state index is -2.57. The van der Waals surface area contributed by atoms with Gasteiger partial charge < -0.3 is 4.52 Å². The summed E-state index contributed by atoms with van der Waals surface area (Å²) in [7, 11) is 0. The molecule has 0 amide bonds. The summed E-state index contributed by atoms with van der Waals surface area (Å²) < 4.78 is 16.1. The Balaban J connectivity index is 2.25. The van der Waals surface area contributed by atoms with Crippen molar-refractivity contribution in [2.45, 2.75) is 13.5 Å². The highest BCUT2D eigenvalue weighted by molar-refractivity contribution is 8.07. The Morgan fingerprint density at radius 2 is 2.57 bits per heavy atom. The smallest absolute Gasteiger partial charge is 0.382 e. The summed E-state index contributed by atoms with van der Waals surface area (Å²) in [4.78, 5) is 4.08. The van der Waals surface area contributed by atoms with Gasteiger partial charge in [-0.2, -0.15) is 0 Å². The van der Waals surface area contributed by atoms with E-state index < -0.39 is 6.72 Å². The zero-order chi connectivity index (χ0) is 10.0. The van der Waals surface area contributed by atoms with Crippen LogP contribution in [0.4, 0.5) is 0 Å². The van der Waals surface area contributed by atoms with Gasteiger partial charge in [0, 0.05) is 23.6 Å². The summed E-state index contributed by atoms with van der Waals surface area (Å²) in [5.74, 6) is 0.538. The number of hydrogen-bond donors (Lipinski definition) is 0. The van der Waals surface area contributed by atoms with Gasteiger partial charge in [-0.25, -0.2) is 4.98 Å². The third-order valence-electron chi connectivity index (χ3n) is 1.71. The number of hydrogen-bond acceptors (Lipinski definition) is 5. The molecule has 1 aliphatic heterocycles. The van der Waals surface area contributed by atoms with E-state index in [0.29, 0.717) is 19.1 Å². The van der Waals surface area contributed by atoms with E-state index in [1.54, 1.807) is 6.20 Å². The van der Waals surface area contributed by atoms with Crippen LogP contribution in [-0.2, 0) is 27.5 Å². The van der Waals surface area contributed by atoms with Crippen LogP contribution in [-0.4, -0.2) is 11.6 Å². The second-order valence-electron chi connectivity index (χ2n) is 2.70. The molecule has 14 heavy (non-hydrogen) atoms. The lowest BCUT2D eigenvalue weighted by Gasteiger charge is -2.26. The summed E-state index contributed by atoms with van der Waals surface area (Å²) in [6.07, 6.45) is 1.66. The molecule has 0 saturated carbocycles. The molecule has 0 N–H and O–H groups in total. The average Bonchev–Trinajstić information content (AvgIpc) is 2.17. The van der Waals surface area contributed by atoms with Gasteiger partial charge in [0.1, 0.15) is 0 Å². The van der Waals surface area contributed by atoms with Gasteiger partial charge in [0.25, 0.3) is 0 Å². The highest BCUT2D eigenvalue weighted by Gasteiger charge is 2.29. The summed E-state index contributed by atoms with van der Waals surface area (Å²) >= 11 is 5.13. The molecule has 1 aromatic rings. The fourth-order valence-electron chi connectivity index (χ4n) is 1.12. The molecule has 0 fully saturated rings. The lowest BCUT2D eigenvalue weighted by atomic mass is 10.3. The number of rotatable bonds is 2. The predicted molar refractivity (Wildman–Crippen MR) is 55.6 cm³/mol. The van der Waals surface area contributed by atoms with Crippen LogP contribution in [0.2, 0.25) is 0 Å². The molecule has 0 aliphatic carbocycles. The number of nitrogens with zero attached hydrogens (tertiary/aromatic N) is 1. The molecule has 6 heteroatoms. The first kappa shape index (κ1) is 10.1. The van der Waals surface area contributed by atoms with Crippen molar-refractivity contribution in [3.05, 3.63) is 23.9 Å². The second kappa shape index (κ2) is 3.95. The quantitative estimate of drug-likeness (QED) is 0.730. The largest absolute Gasteiger partial charge is 0.405 e. The summed E-state index contributed by atoms with van der Waals surface area (Å²) in [5, 5.41) is 0. The minimum absolute atomic E-state index is 0.417. The average molecular weight is 231 g/mol. The van der Waals surface area contributed by atoms with Crippen molar-refractivity contribution in [1.29, 1.82) is 0 Å². The van der Waals surface area contributed by atoms with Gasteiger partial charge in [-0.15, -0.1) is 0 Å². The third-order valence-corrected chi connectivity index (χ3v) is 3.99. The molecule has 0 bridgehead atoms. The lowest BCUT2D eigenvalue weighted by molar-refractivity contribution is 0.182. The number of pyridine rings is 1. The number of aromatic nitrogens is 1. The van der Waals surface area contributed by atoms with Gasteiger partial charge >= 0.3 is 6.72 Å². The maximum atomic E-state index is 5.43. The normalized spacial score (nSPS) is 25.2. The van der Waals surface area contributed by atoms with E-state index in [1.807, 2.05) is 19.1 Å². The molecule has 0 radical (unpaired) electrons. The van der Waals surface area contributed by atoms with E-state index in [-0.39, 0.29) is 0 Å². The molecule has 2 heterocycles. The van der Waals surface area contributed by atoms with Gasteiger partial charge in [0.2, 0.25) is 5.88 Å². The first-order valence-corrected chi connectivity index (χ1v) is 6.82. The Bertz CT molecular complexity index is 385. The van der Waals surface area contributed by atoms with E-state index in [4.69, 9.17) is 25.4 Å². The van der Waals surface area contributed by atoms with Gasteiger partial charge in [-0.05, 0) is 19.1 Å². The van der Waals surface area contributed by atoms with Crippen LogP contribution in [0.3, 0.4) is 0 Å². The Hall–Kier alpha value is -0.480. The molecule has 2 rings (SSSR count). The van der Waals surface area contributed by atoms with Crippen LogP contribution in [0.5, 0.6) is 5.88 Å².